The monoisotopic (exact) mass is 165 g/mol. The molecule has 0 saturated heterocycles. The third kappa shape index (κ3) is 2.13. The number of aliphatic hydroxyl groups is 1. The lowest BCUT2D eigenvalue weighted by atomic mass is 9.98. The molecule has 1 rings (SSSR count). The van der Waals surface area contributed by atoms with Crippen molar-refractivity contribution in [3.8, 4) is 0 Å². The van der Waals surface area contributed by atoms with Crippen LogP contribution in [0, 0.1) is 0 Å². The molecule has 0 spiro atoms. The summed E-state index contributed by atoms with van der Waals surface area (Å²) in [5.74, 6) is 0.634. The van der Waals surface area contributed by atoms with Gasteiger partial charge in [0.25, 0.3) is 0 Å². The Morgan fingerprint density at radius 2 is 2.42 bits per heavy atom. The van der Waals surface area contributed by atoms with Gasteiger partial charge in [-0.3, -0.25) is 0 Å². The van der Waals surface area contributed by atoms with E-state index in [2.05, 4.69) is 10.3 Å². The van der Waals surface area contributed by atoms with Gasteiger partial charge in [0.1, 0.15) is 13.7 Å². The second-order valence-corrected chi connectivity index (χ2v) is 2.60. The number of anilines is 2. The van der Waals surface area contributed by atoms with Crippen LogP contribution in [0.25, 0.3) is 0 Å². The van der Waals surface area contributed by atoms with E-state index in [4.69, 9.17) is 10.8 Å². The average molecular weight is 165 g/mol. The van der Waals surface area contributed by atoms with Crippen LogP contribution in [-0.2, 0) is 0 Å². The molecule has 0 unspecified atom stereocenters. The number of nitrogens with two attached hydrogens (primary N) is 1. The number of pyridine rings is 1. The van der Waals surface area contributed by atoms with Crippen molar-refractivity contribution in [3.63, 3.8) is 0 Å². The van der Waals surface area contributed by atoms with E-state index < -0.39 is 0 Å². The van der Waals surface area contributed by atoms with Gasteiger partial charge in [-0.25, -0.2) is 4.98 Å². The number of hydrogen-bond acceptors (Lipinski definition) is 4. The molecule has 4 N–H and O–H groups in total. The summed E-state index contributed by atoms with van der Waals surface area (Å²) in [5, 5.41) is 11.4. The van der Waals surface area contributed by atoms with Crippen molar-refractivity contribution in [2.45, 2.75) is 0 Å². The van der Waals surface area contributed by atoms with Crippen LogP contribution in [0.4, 0.5) is 11.5 Å². The summed E-state index contributed by atoms with van der Waals surface area (Å²) >= 11 is 0. The first-order valence-electron chi connectivity index (χ1n) is 3.81. The molecule has 0 amide bonds. The summed E-state index contributed by atoms with van der Waals surface area (Å²) in [6, 6.07) is 1.84. The van der Waals surface area contributed by atoms with Crippen LogP contribution in [0.5, 0.6) is 0 Å². The van der Waals surface area contributed by atoms with Gasteiger partial charge < -0.3 is 16.2 Å². The van der Waals surface area contributed by atoms with Crippen molar-refractivity contribution >= 4 is 24.8 Å². The van der Waals surface area contributed by atoms with Gasteiger partial charge in [0, 0.05) is 12.7 Å². The molecule has 0 radical (unpaired) electrons. The molecule has 0 atom stereocenters. The van der Waals surface area contributed by atoms with Crippen LogP contribution >= 0.6 is 0 Å². The maximum atomic E-state index is 8.54. The molecule has 1 heterocycles. The smallest absolute Gasteiger partial charge is 0.149 e. The van der Waals surface area contributed by atoms with Gasteiger partial charge in [0.15, 0.2) is 0 Å². The molecule has 0 fully saturated rings. The van der Waals surface area contributed by atoms with E-state index in [-0.39, 0.29) is 6.61 Å². The largest absolute Gasteiger partial charge is 0.396 e. The Labute approximate surface area is 72.2 Å². The van der Waals surface area contributed by atoms with Crippen LogP contribution in [0.1, 0.15) is 0 Å². The summed E-state index contributed by atoms with van der Waals surface area (Å²) < 4.78 is 0. The molecule has 4 nitrogen and oxygen atoms in total. The Morgan fingerprint density at radius 1 is 1.67 bits per heavy atom. The molecule has 5 heteroatoms. The first-order chi connectivity index (χ1) is 5.74. The van der Waals surface area contributed by atoms with Crippen LogP contribution in [0.3, 0.4) is 0 Å². The number of hydrogen-bond donors (Lipinski definition) is 3. The minimum atomic E-state index is 0.0784. The maximum Gasteiger partial charge on any atom is 0.149 e. The zero-order chi connectivity index (χ0) is 8.97. The Hall–Kier alpha value is -1.23. The fraction of sp³-hybridized carbons (Fsp3) is 0.286. The topological polar surface area (TPSA) is 71.2 Å². The highest BCUT2D eigenvalue weighted by atomic mass is 16.3. The number of nitrogen functional groups attached to an aromatic ring is 1. The zero-order valence-corrected chi connectivity index (χ0v) is 7.04. The summed E-state index contributed by atoms with van der Waals surface area (Å²) in [6.45, 7) is 0.551. The fourth-order valence-electron chi connectivity index (χ4n) is 0.914. The number of nitrogens with one attached hydrogen (secondary N) is 1. The lowest BCUT2D eigenvalue weighted by Gasteiger charge is -2.06. The van der Waals surface area contributed by atoms with Crippen LogP contribution in [0.15, 0.2) is 12.3 Å². The Kier molecular flexibility index (Phi) is 2.93. The SMILES string of the molecule is Bc1cnc(NCCO)c(N)c1. The van der Waals surface area contributed by atoms with E-state index >= 15 is 0 Å². The van der Waals surface area contributed by atoms with Crippen LogP contribution in [0.2, 0.25) is 0 Å². The van der Waals surface area contributed by atoms with Crippen LogP contribution < -0.4 is 16.5 Å². The van der Waals surface area contributed by atoms with Gasteiger partial charge >= 0.3 is 0 Å². The Morgan fingerprint density at radius 3 is 3.00 bits per heavy atom. The van der Waals surface area contributed by atoms with Crippen molar-refractivity contribution in [2.24, 2.45) is 0 Å². The third-order valence-corrected chi connectivity index (χ3v) is 1.46. The molecule has 0 aliphatic heterocycles. The highest BCUT2D eigenvalue weighted by Crippen LogP contribution is 2.10. The first kappa shape index (κ1) is 8.87. The van der Waals surface area contributed by atoms with E-state index in [0.717, 1.165) is 5.46 Å². The predicted molar refractivity (Wildman–Crippen MR) is 52.4 cm³/mol. The standard InChI is InChI=1S/C7H12BN3O/c8-5-3-6(9)7(11-4-5)10-1-2-12/h3-4,12H,1-2,8-9H2,(H,10,11). The lowest BCUT2D eigenvalue weighted by Crippen LogP contribution is -2.12. The van der Waals surface area contributed by atoms with Gasteiger partial charge in [-0.2, -0.15) is 0 Å². The quantitative estimate of drug-likeness (QED) is 0.468. The van der Waals surface area contributed by atoms with Gasteiger partial charge in [-0.15, -0.1) is 0 Å². The second-order valence-electron chi connectivity index (χ2n) is 2.60. The molecule has 0 saturated carbocycles. The van der Waals surface area contributed by atoms with Gasteiger partial charge in [-0.05, 0) is 6.07 Å². The molecule has 0 aliphatic rings. The number of nitrogens with zero attached hydrogens (tertiary/aromatic N) is 1. The zero-order valence-electron chi connectivity index (χ0n) is 7.04. The number of aromatic nitrogens is 1. The van der Waals surface area contributed by atoms with E-state index in [1.165, 1.54) is 0 Å². The molecule has 0 aromatic carbocycles. The van der Waals surface area contributed by atoms with E-state index in [0.29, 0.717) is 18.1 Å². The summed E-state index contributed by atoms with van der Waals surface area (Å²) in [4.78, 5) is 4.07. The molecule has 12 heavy (non-hydrogen) atoms. The Balaban J connectivity index is 2.72. The van der Waals surface area contributed by atoms with E-state index in [1.807, 2.05) is 13.9 Å². The highest BCUT2D eigenvalue weighted by Gasteiger charge is 1.98. The molecule has 1 aromatic rings. The Bertz CT molecular complexity index is 267. The normalized spacial score (nSPS) is 9.75. The predicted octanol–water partition coefficient (Wildman–Crippen LogP) is -1.67. The van der Waals surface area contributed by atoms with Crippen molar-refractivity contribution in [1.29, 1.82) is 0 Å². The van der Waals surface area contributed by atoms with Gasteiger partial charge in [-0.1, -0.05) is 5.46 Å². The van der Waals surface area contributed by atoms with Crippen molar-refractivity contribution in [3.05, 3.63) is 12.3 Å². The summed E-state index contributed by atoms with van der Waals surface area (Å²) in [7, 11) is 1.93. The average Bonchev–Trinajstić information content (AvgIpc) is 2.03. The number of aliphatic hydroxyl groups excluding tert-OH is 1. The molecule has 64 valence electrons. The first-order valence-corrected chi connectivity index (χ1v) is 3.81. The molecule has 0 aliphatic carbocycles. The third-order valence-electron chi connectivity index (χ3n) is 1.46. The van der Waals surface area contributed by atoms with E-state index in [1.54, 1.807) is 6.20 Å². The highest BCUT2D eigenvalue weighted by molar-refractivity contribution is 6.32. The molecular formula is C7H12BN3O. The lowest BCUT2D eigenvalue weighted by molar-refractivity contribution is 0.311. The summed E-state index contributed by atoms with van der Waals surface area (Å²) in [6.07, 6.45) is 1.73. The van der Waals surface area contributed by atoms with Crippen molar-refractivity contribution < 1.29 is 5.11 Å². The minimum Gasteiger partial charge on any atom is -0.396 e. The van der Waals surface area contributed by atoms with Crippen molar-refractivity contribution in [1.82, 2.24) is 4.98 Å². The van der Waals surface area contributed by atoms with Gasteiger partial charge in [0.05, 0.1) is 12.3 Å². The van der Waals surface area contributed by atoms with Crippen LogP contribution in [-0.4, -0.2) is 31.1 Å². The minimum absolute atomic E-state index is 0.0784. The summed E-state index contributed by atoms with van der Waals surface area (Å²) in [5.41, 5.74) is 7.30. The molecule has 1 aromatic heterocycles. The number of rotatable bonds is 3. The fourth-order valence-corrected chi connectivity index (χ4v) is 0.914. The van der Waals surface area contributed by atoms with Crippen molar-refractivity contribution in [2.75, 3.05) is 24.2 Å². The molecule has 0 bridgehead atoms. The van der Waals surface area contributed by atoms with Gasteiger partial charge in [0.2, 0.25) is 0 Å². The maximum absolute atomic E-state index is 8.54. The second kappa shape index (κ2) is 3.97. The van der Waals surface area contributed by atoms with E-state index in [9.17, 15) is 0 Å². The molecular weight excluding hydrogens is 153 g/mol.